The first-order valence-electron chi connectivity index (χ1n) is 3.74. The molecule has 1 aromatic heterocycles. The minimum Gasteiger partial charge on any atom is -0.306 e. The van der Waals surface area contributed by atoms with Crippen molar-refractivity contribution in [2.45, 2.75) is 19.1 Å². The molecule has 0 aromatic carbocycles. The summed E-state index contributed by atoms with van der Waals surface area (Å²) in [6.45, 7) is 1.79. The van der Waals surface area contributed by atoms with Gasteiger partial charge in [-0.3, -0.25) is 0 Å². The molecule has 1 N–H and O–H groups in total. The molecule has 0 spiro atoms. The van der Waals surface area contributed by atoms with Crippen LogP contribution in [0.4, 0.5) is 13.2 Å². The highest BCUT2D eigenvalue weighted by Gasteiger charge is 2.39. The monoisotopic (exact) mass is 209 g/mol. The second kappa shape index (κ2) is 3.67. The number of hydrogen-bond acceptors (Lipinski definition) is 2. The van der Waals surface area contributed by atoms with E-state index >= 15 is 0 Å². The van der Waals surface area contributed by atoms with Crippen LogP contribution in [0.3, 0.4) is 0 Å². The first-order chi connectivity index (χ1) is 5.95. The fraction of sp³-hybridized carbons (Fsp3) is 0.500. The van der Waals surface area contributed by atoms with E-state index in [2.05, 4.69) is 5.32 Å². The van der Waals surface area contributed by atoms with Gasteiger partial charge in [0.05, 0.1) is 0 Å². The van der Waals surface area contributed by atoms with E-state index < -0.39 is 12.2 Å². The molecule has 0 fully saturated rings. The molecule has 0 aliphatic carbocycles. The lowest BCUT2D eigenvalue weighted by Crippen LogP contribution is -2.31. The van der Waals surface area contributed by atoms with Gasteiger partial charge >= 0.3 is 6.18 Å². The molecule has 0 aliphatic heterocycles. The maximum absolute atomic E-state index is 12.4. The second-order valence-electron chi connectivity index (χ2n) is 2.75. The molecule has 74 valence electrons. The average molecular weight is 209 g/mol. The topological polar surface area (TPSA) is 12.0 Å². The Balaban J connectivity index is 2.91. The van der Waals surface area contributed by atoms with E-state index in [9.17, 15) is 13.2 Å². The molecular formula is C8H10F3NS. The SMILES string of the molecule is CNC(c1csc(C)c1)C(F)(F)F. The molecule has 1 nitrogen and oxygen atoms in total. The molecule has 1 unspecified atom stereocenters. The Labute approximate surface area is 78.6 Å². The zero-order valence-corrected chi connectivity index (χ0v) is 8.09. The zero-order chi connectivity index (χ0) is 10.1. The van der Waals surface area contributed by atoms with Crippen molar-refractivity contribution in [1.29, 1.82) is 0 Å². The van der Waals surface area contributed by atoms with Crippen molar-refractivity contribution in [2.24, 2.45) is 0 Å². The zero-order valence-electron chi connectivity index (χ0n) is 7.27. The predicted octanol–water partition coefficient (Wildman–Crippen LogP) is 2.88. The maximum Gasteiger partial charge on any atom is 0.407 e. The maximum atomic E-state index is 12.4. The summed E-state index contributed by atoms with van der Waals surface area (Å²) in [7, 11) is 1.31. The van der Waals surface area contributed by atoms with Gasteiger partial charge in [0.15, 0.2) is 0 Å². The van der Waals surface area contributed by atoms with Crippen molar-refractivity contribution in [3.8, 4) is 0 Å². The normalized spacial score (nSPS) is 14.5. The molecule has 13 heavy (non-hydrogen) atoms. The number of alkyl halides is 3. The van der Waals surface area contributed by atoms with Crippen molar-refractivity contribution in [3.05, 3.63) is 21.9 Å². The second-order valence-corrected chi connectivity index (χ2v) is 3.87. The van der Waals surface area contributed by atoms with Crippen LogP contribution in [0.2, 0.25) is 0 Å². The Kier molecular flexibility index (Phi) is 2.98. The van der Waals surface area contributed by atoms with Crippen molar-refractivity contribution < 1.29 is 13.2 Å². The van der Waals surface area contributed by atoms with Crippen LogP contribution in [-0.4, -0.2) is 13.2 Å². The molecular weight excluding hydrogens is 199 g/mol. The van der Waals surface area contributed by atoms with Crippen LogP contribution in [0.5, 0.6) is 0 Å². The van der Waals surface area contributed by atoms with Gasteiger partial charge in [-0.15, -0.1) is 11.3 Å². The third-order valence-electron chi connectivity index (χ3n) is 1.70. The van der Waals surface area contributed by atoms with Crippen LogP contribution in [0.15, 0.2) is 11.4 Å². The predicted molar refractivity (Wildman–Crippen MR) is 46.9 cm³/mol. The number of hydrogen-bond donors (Lipinski definition) is 1. The van der Waals surface area contributed by atoms with Crippen LogP contribution in [-0.2, 0) is 0 Å². The highest BCUT2D eigenvalue weighted by atomic mass is 32.1. The molecule has 1 rings (SSSR count). The van der Waals surface area contributed by atoms with E-state index in [4.69, 9.17) is 0 Å². The molecule has 0 radical (unpaired) electrons. The van der Waals surface area contributed by atoms with Gasteiger partial charge in [-0.2, -0.15) is 13.2 Å². The summed E-state index contributed by atoms with van der Waals surface area (Å²) >= 11 is 1.32. The summed E-state index contributed by atoms with van der Waals surface area (Å²) in [5.74, 6) is 0. The highest BCUT2D eigenvalue weighted by Crippen LogP contribution is 2.34. The van der Waals surface area contributed by atoms with Crippen LogP contribution in [0.1, 0.15) is 16.5 Å². The molecule has 0 amide bonds. The van der Waals surface area contributed by atoms with Gasteiger partial charge in [-0.05, 0) is 31.0 Å². The van der Waals surface area contributed by atoms with Gasteiger partial charge in [-0.1, -0.05) is 0 Å². The van der Waals surface area contributed by atoms with Crippen molar-refractivity contribution in [2.75, 3.05) is 7.05 Å². The number of nitrogens with one attached hydrogen (secondary N) is 1. The Morgan fingerprint density at radius 1 is 1.46 bits per heavy atom. The van der Waals surface area contributed by atoms with E-state index in [0.29, 0.717) is 0 Å². The summed E-state index contributed by atoms with van der Waals surface area (Å²) in [6, 6.07) is 0.0109. The van der Waals surface area contributed by atoms with Crippen molar-refractivity contribution in [1.82, 2.24) is 5.32 Å². The summed E-state index contributed by atoms with van der Waals surface area (Å²) in [4.78, 5) is 0.888. The van der Waals surface area contributed by atoms with Crippen molar-refractivity contribution >= 4 is 11.3 Å². The third-order valence-corrected chi connectivity index (χ3v) is 2.58. The van der Waals surface area contributed by atoms with Gasteiger partial charge in [0.25, 0.3) is 0 Å². The summed E-state index contributed by atoms with van der Waals surface area (Å²) in [5.41, 5.74) is 0.289. The number of halogens is 3. The average Bonchev–Trinajstić information content (AvgIpc) is 2.34. The lowest BCUT2D eigenvalue weighted by Gasteiger charge is -2.18. The first-order valence-corrected chi connectivity index (χ1v) is 4.62. The minimum absolute atomic E-state index is 0.289. The standard InChI is InChI=1S/C8H10F3NS/c1-5-3-6(4-13-5)7(12-2)8(9,10)11/h3-4,7,12H,1-2H3. The Bertz CT molecular complexity index is 279. The fourth-order valence-electron chi connectivity index (χ4n) is 1.13. The number of rotatable bonds is 2. The van der Waals surface area contributed by atoms with E-state index in [0.717, 1.165) is 4.88 Å². The lowest BCUT2D eigenvalue weighted by atomic mass is 10.1. The molecule has 5 heteroatoms. The molecule has 0 bridgehead atoms. The van der Waals surface area contributed by atoms with Crippen LogP contribution in [0, 0.1) is 6.92 Å². The smallest absolute Gasteiger partial charge is 0.306 e. The van der Waals surface area contributed by atoms with Gasteiger partial charge in [0.2, 0.25) is 0 Å². The van der Waals surface area contributed by atoms with Crippen LogP contribution >= 0.6 is 11.3 Å². The molecule has 1 heterocycles. The number of aryl methyl sites for hydroxylation is 1. The van der Waals surface area contributed by atoms with E-state index in [1.807, 2.05) is 0 Å². The largest absolute Gasteiger partial charge is 0.407 e. The Morgan fingerprint density at radius 3 is 2.38 bits per heavy atom. The highest BCUT2D eigenvalue weighted by molar-refractivity contribution is 7.10. The Hall–Kier alpha value is -0.550. The van der Waals surface area contributed by atoms with E-state index in [-0.39, 0.29) is 5.56 Å². The molecule has 0 saturated heterocycles. The summed E-state index contributed by atoms with van der Waals surface area (Å²) in [5, 5.41) is 3.79. The van der Waals surface area contributed by atoms with Gasteiger partial charge in [-0.25, -0.2) is 0 Å². The third kappa shape index (κ3) is 2.45. The van der Waals surface area contributed by atoms with Crippen LogP contribution < -0.4 is 5.32 Å². The van der Waals surface area contributed by atoms with Gasteiger partial charge in [0, 0.05) is 4.88 Å². The van der Waals surface area contributed by atoms with E-state index in [1.165, 1.54) is 23.8 Å². The molecule has 1 atom stereocenters. The fourth-order valence-corrected chi connectivity index (χ4v) is 1.86. The van der Waals surface area contributed by atoms with Crippen LogP contribution in [0.25, 0.3) is 0 Å². The summed E-state index contributed by atoms with van der Waals surface area (Å²) < 4.78 is 37.1. The summed E-state index contributed by atoms with van der Waals surface area (Å²) in [6.07, 6.45) is -4.22. The molecule has 0 saturated carbocycles. The quantitative estimate of drug-likeness (QED) is 0.789. The molecule has 0 aliphatic rings. The van der Waals surface area contributed by atoms with Gasteiger partial charge in [0.1, 0.15) is 6.04 Å². The van der Waals surface area contributed by atoms with Crippen molar-refractivity contribution in [3.63, 3.8) is 0 Å². The lowest BCUT2D eigenvalue weighted by molar-refractivity contribution is -0.156. The van der Waals surface area contributed by atoms with Gasteiger partial charge < -0.3 is 5.32 Å². The molecule has 1 aromatic rings. The van der Waals surface area contributed by atoms with E-state index in [1.54, 1.807) is 13.0 Å². The number of thiophene rings is 1. The Morgan fingerprint density at radius 2 is 2.08 bits per heavy atom. The first kappa shape index (κ1) is 10.5. The minimum atomic E-state index is -4.22.